The number of nitrogens with zero attached hydrogens (tertiary/aromatic N) is 2. The lowest BCUT2D eigenvalue weighted by atomic mass is 10.2. The van der Waals surface area contributed by atoms with Crippen LogP contribution in [0.5, 0.6) is 0 Å². The molecule has 0 amide bonds. The van der Waals surface area contributed by atoms with Gasteiger partial charge in [0, 0.05) is 30.2 Å². The van der Waals surface area contributed by atoms with Gasteiger partial charge in [0.1, 0.15) is 0 Å². The Bertz CT molecular complexity index is 431. The molecule has 2 nitrogen and oxygen atoms in total. The zero-order chi connectivity index (χ0) is 9.42. The normalized spacial score (nSPS) is 10.7. The summed E-state index contributed by atoms with van der Waals surface area (Å²) in [6.45, 7) is 0. The Balaban J connectivity index is 2.75. The number of hydrogen-bond acceptors (Lipinski definition) is 1. The summed E-state index contributed by atoms with van der Waals surface area (Å²) in [6, 6.07) is 8.33. The van der Waals surface area contributed by atoms with E-state index in [1.165, 1.54) is 10.9 Å². The molecule has 0 fully saturated rings. The molecule has 1 aromatic heterocycles. The van der Waals surface area contributed by atoms with Crippen molar-refractivity contribution in [1.29, 1.82) is 0 Å². The van der Waals surface area contributed by atoms with Crippen molar-refractivity contribution in [3.63, 3.8) is 0 Å². The molecule has 0 radical (unpaired) electrons. The standard InChI is InChI=1S/C10H11BrN2/c1-12(2)13-7-6-8-9(11)4-3-5-10(8)13/h3-7H,1-2H3. The Morgan fingerprint density at radius 2 is 2.00 bits per heavy atom. The van der Waals surface area contributed by atoms with Crippen LogP contribution in [0, 0.1) is 0 Å². The number of benzene rings is 1. The van der Waals surface area contributed by atoms with Gasteiger partial charge in [-0.25, -0.2) is 0 Å². The molecule has 2 aromatic rings. The molecule has 0 N–H and O–H groups in total. The Labute approximate surface area is 85.9 Å². The lowest BCUT2D eigenvalue weighted by Gasteiger charge is -2.15. The second-order valence-corrected chi connectivity index (χ2v) is 4.03. The number of aromatic nitrogens is 1. The van der Waals surface area contributed by atoms with Crippen LogP contribution in [0.3, 0.4) is 0 Å². The highest BCUT2D eigenvalue weighted by molar-refractivity contribution is 9.10. The van der Waals surface area contributed by atoms with Crippen LogP contribution in [0.2, 0.25) is 0 Å². The van der Waals surface area contributed by atoms with Crippen LogP contribution in [-0.4, -0.2) is 18.8 Å². The maximum absolute atomic E-state index is 3.53. The summed E-state index contributed by atoms with van der Waals surface area (Å²) in [6.07, 6.45) is 2.06. The zero-order valence-electron chi connectivity index (χ0n) is 7.66. The van der Waals surface area contributed by atoms with Crippen molar-refractivity contribution in [3.8, 4) is 0 Å². The number of halogens is 1. The van der Waals surface area contributed by atoms with Crippen LogP contribution in [0.1, 0.15) is 0 Å². The second kappa shape index (κ2) is 3.07. The highest BCUT2D eigenvalue weighted by atomic mass is 79.9. The van der Waals surface area contributed by atoms with E-state index in [2.05, 4.69) is 50.0 Å². The van der Waals surface area contributed by atoms with Crippen molar-refractivity contribution >= 4 is 26.8 Å². The average Bonchev–Trinajstić information content (AvgIpc) is 2.48. The van der Waals surface area contributed by atoms with Gasteiger partial charge in [-0.05, 0) is 18.2 Å². The van der Waals surface area contributed by atoms with Crippen molar-refractivity contribution in [2.24, 2.45) is 0 Å². The Morgan fingerprint density at radius 1 is 1.23 bits per heavy atom. The van der Waals surface area contributed by atoms with Gasteiger partial charge in [-0.1, -0.05) is 22.0 Å². The summed E-state index contributed by atoms with van der Waals surface area (Å²) in [5.74, 6) is 0. The van der Waals surface area contributed by atoms with E-state index in [1.807, 2.05) is 20.2 Å². The largest absolute Gasteiger partial charge is 0.319 e. The first-order chi connectivity index (χ1) is 6.20. The topological polar surface area (TPSA) is 8.17 Å². The fourth-order valence-electron chi connectivity index (χ4n) is 1.46. The molecule has 0 aliphatic rings. The number of fused-ring (bicyclic) bond motifs is 1. The third kappa shape index (κ3) is 1.33. The summed E-state index contributed by atoms with van der Waals surface area (Å²) in [4.78, 5) is 0. The van der Waals surface area contributed by atoms with E-state index in [4.69, 9.17) is 0 Å². The van der Waals surface area contributed by atoms with Gasteiger partial charge in [-0.3, -0.25) is 4.68 Å². The number of hydrogen-bond donors (Lipinski definition) is 0. The SMILES string of the molecule is CN(C)n1ccc2c(Br)cccc21. The molecule has 0 spiro atoms. The minimum absolute atomic E-state index is 1.14. The molecule has 13 heavy (non-hydrogen) atoms. The molecule has 0 unspecified atom stereocenters. The zero-order valence-corrected chi connectivity index (χ0v) is 9.25. The van der Waals surface area contributed by atoms with Crippen LogP contribution in [0.15, 0.2) is 34.9 Å². The molecular formula is C10H11BrN2. The molecule has 0 atom stereocenters. The predicted molar refractivity (Wildman–Crippen MR) is 59.7 cm³/mol. The molecule has 0 bridgehead atoms. The third-order valence-corrected chi connectivity index (χ3v) is 2.78. The van der Waals surface area contributed by atoms with E-state index in [-0.39, 0.29) is 0 Å². The Morgan fingerprint density at radius 3 is 2.69 bits per heavy atom. The third-order valence-electron chi connectivity index (χ3n) is 2.09. The molecule has 0 aliphatic carbocycles. The minimum Gasteiger partial charge on any atom is -0.319 e. The second-order valence-electron chi connectivity index (χ2n) is 3.18. The fourth-order valence-corrected chi connectivity index (χ4v) is 1.95. The van der Waals surface area contributed by atoms with Gasteiger partial charge in [-0.2, -0.15) is 0 Å². The van der Waals surface area contributed by atoms with Gasteiger partial charge in [0.05, 0.1) is 5.52 Å². The number of rotatable bonds is 1. The van der Waals surface area contributed by atoms with Crippen molar-refractivity contribution in [2.45, 2.75) is 0 Å². The average molecular weight is 239 g/mol. The van der Waals surface area contributed by atoms with Gasteiger partial charge < -0.3 is 5.01 Å². The molecule has 0 aliphatic heterocycles. The molecule has 3 heteroatoms. The fraction of sp³-hybridized carbons (Fsp3) is 0.200. The van der Waals surface area contributed by atoms with Crippen molar-refractivity contribution in [2.75, 3.05) is 19.1 Å². The van der Waals surface area contributed by atoms with Gasteiger partial charge in [0.2, 0.25) is 0 Å². The first-order valence-electron chi connectivity index (χ1n) is 4.13. The molecule has 2 rings (SSSR count). The highest BCUT2D eigenvalue weighted by Gasteiger charge is 2.03. The lowest BCUT2D eigenvalue weighted by Crippen LogP contribution is -2.23. The van der Waals surface area contributed by atoms with Crippen LogP contribution >= 0.6 is 15.9 Å². The molecule has 1 heterocycles. The van der Waals surface area contributed by atoms with Crippen molar-refractivity contribution < 1.29 is 0 Å². The van der Waals surface area contributed by atoms with Gasteiger partial charge in [0.15, 0.2) is 0 Å². The Kier molecular flexibility index (Phi) is 2.04. The van der Waals surface area contributed by atoms with Gasteiger partial charge in [0.25, 0.3) is 0 Å². The van der Waals surface area contributed by atoms with E-state index in [9.17, 15) is 0 Å². The van der Waals surface area contributed by atoms with E-state index in [0.29, 0.717) is 0 Å². The van der Waals surface area contributed by atoms with E-state index in [1.54, 1.807) is 0 Å². The van der Waals surface area contributed by atoms with Crippen LogP contribution in [0.4, 0.5) is 0 Å². The smallest absolute Gasteiger partial charge is 0.0705 e. The molecule has 0 saturated heterocycles. The van der Waals surface area contributed by atoms with Gasteiger partial charge in [-0.15, -0.1) is 0 Å². The summed E-state index contributed by atoms with van der Waals surface area (Å²) in [5, 5.41) is 3.30. The van der Waals surface area contributed by atoms with E-state index < -0.39 is 0 Å². The summed E-state index contributed by atoms with van der Waals surface area (Å²) < 4.78 is 3.26. The Hall–Kier alpha value is -0.960. The lowest BCUT2D eigenvalue weighted by molar-refractivity contribution is 0.762. The van der Waals surface area contributed by atoms with Crippen molar-refractivity contribution in [3.05, 3.63) is 34.9 Å². The van der Waals surface area contributed by atoms with Crippen LogP contribution in [0.25, 0.3) is 10.9 Å². The minimum atomic E-state index is 1.14. The van der Waals surface area contributed by atoms with E-state index in [0.717, 1.165) is 4.47 Å². The molecule has 0 saturated carbocycles. The molecular weight excluding hydrogens is 228 g/mol. The molecule has 1 aromatic carbocycles. The van der Waals surface area contributed by atoms with Crippen molar-refractivity contribution in [1.82, 2.24) is 4.68 Å². The van der Waals surface area contributed by atoms with Crippen LogP contribution < -0.4 is 5.01 Å². The monoisotopic (exact) mass is 238 g/mol. The maximum atomic E-state index is 3.53. The predicted octanol–water partition coefficient (Wildman–Crippen LogP) is 2.60. The quantitative estimate of drug-likeness (QED) is 0.742. The highest BCUT2D eigenvalue weighted by Crippen LogP contribution is 2.24. The summed E-state index contributed by atoms with van der Waals surface area (Å²) in [7, 11) is 4.06. The first-order valence-corrected chi connectivity index (χ1v) is 4.92. The van der Waals surface area contributed by atoms with E-state index >= 15 is 0 Å². The van der Waals surface area contributed by atoms with Gasteiger partial charge >= 0.3 is 0 Å². The summed E-state index contributed by atoms with van der Waals surface area (Å²) >= 11 is 3.53. The van der Waals surface area contributed by atoms with Crippen LogP contribution in [-0.2, 0) is 0 Å². The molecule has 68 valence electrons. The maximum Gasteiger partial charge on any atom is 0.0705 e. The summed E-state index contributed by atoms with van der Waals surface area (Å²) in [5.41, 5.74) is 1.22. The first kappa shape index (κ1) is 8.63.